The first kappa shape index (κ1) is 17.1. The summed E-state index contributed by atoms with van der Waals surface area (Å²) in [6, 6.07) is 18.2. The van der Waals surface area contributed by atoms with Crippen molar-refractivity contribution < 1.29 is 9.53 Å². The Labute approximate surface area is 155 Å². The lowest BCUT2D eigenvalue weighted by atomic mass is 9.95. The second-order valence-electron chi connectivity index (χ2n) is 7.15. The first-order chi connectivity index (χ1) is 12.8. The van der Waals surface area contributed by atoms with Gasteiger partial charge in [-0.3, -0.25) is 9.69 Å². The van der Waals surface area contributed by atoms with E-state index >= 15 is 0 Å². The van der Waals surface area contributed by atoms with Crippen LogP contribution in [0.1, 0.15) is 18.4 Å². The highest BCUT2D eigenvalue weighted by molar-refractivity contribution is 5.97. The molecule has 1 fully saturated rings. The fourth-order valence-electron chi connectivity index (χ4n) is 4.00. The number of carbonyl (C=O) groups is 1. The quantitative estimate of drug-likeness (QED) is 0.829. The molecular formula is C22H26N2O2. The van der Waals surface area contributed by atoms with E-state index in [2.05, 4.69) is 23.1 Å². The molecule has 2 aliphatic heterocycles. The minimum atomic E-state index is 0.160. The third-order valence-corrected chi connectivity index (χ3v) is 5.51. The van der Waals surface area contributed by atoms with Crippen molar-refractivity contribution in [1.29, 1.82) is 0 Å². The van der Waals surface area contributed by atoms with Gasteiger partial charge in [0.15, 0.2) is 0 Å². The number of likely N-dealkylation sites (tertiary alicyclic amines) is 1. The Morgan fingerprint density at radius 1 is 0.962 bits per heavy atom. The van der Waals surface area contributed by atoms with Crippen molar-refractivity contribution in [3.8, 4) is 5.75 Å². The van der Waals surface area contributed by atoms with E-state index in [0.29, 0.717) is 12.5 Å². The lowest BCUT2D eigenvalue weighted by molar-refractivity contribution is -0.123. The molecule has 0 aliphatic carbocycles. The Kier molecular flexibility index (Phi) is 5.21. The van der Waals surface area contributed by atoms with Crippen LogP contribution in [-0.2, 0) is 11.2 Å². The largest absolute Gasteiger partial charge is 0.492 e. The van der Waals surface area contributed by atoms with Crippen LogP contribution in [0.4, 0.5) is 5.69 Å². The lowest BCUT2D eigenvalue weighted by Gasteiger charge is -2.33. The average molecular weight is 350 g/mol. The van der Waals surface area contributed by atoms with Crippen LogP contribution in [0.5, 0.6) is 5.75 Å². The first-order valence-electron chi connectivity index (χ1n) is 9.61. The smallest absolute Gasteiger partial charge is 0.230 e. The molecule has 1 saturated heterocycles. The molecule has 2 aliphatic rings. The molecule has 2 aromatic rings. The molecule has 4 nitrogen and oxygen atoms in total. The monoisotopic (exact) mass is 350 g/mol. The molecule has 0 bridgehead atoms. The number of hydrogen-bond acceptors (Lipinski definition) is 3. The molecule has 4 rings (SSSR count). The van der Waals surface area contributed by atoms with Gasteiger partial charge in [0.05, 0.1) is 0 Å². The maximum Gasteiger partial charge on any atom is 0.230 e. The van der Waals surface area contributed by atoms with E-state index in [9.17, 15) is 4.79 Å². The molecule has 26 heavy (non-hydrogen) atoms. The highest BCUT2D eigenvalue weighted by atomic mass is 16.5. The number of ether oxygens (including phenoxy) is 1. The van der Waals surface area contributed by atoms with Crippen LogP contribution < -0.4 is 9.64 Å². The van der Waals surface area contributed by atoms with E-state index in [4.69, 9.17) is 4.74 Å². The second kappa shape index (κ2) is 7.92. The Morgan fingerprint density at radius 3 is 2.50 bits per heavy atom. The predicted octanol–water partition coefficient (Wildman–Crippen LogP) is 3.37. The van der Waals surface area contributed by atoms with Crippen molar-refractivity contribution in [2.75, 3.05) is 37.7 Å². The van der Waals surface area contributed by atoms with E-state index in [0.717, 1.165) is 56.9 Å². The molecule has 0 radical (unpaired) electrons. The molecule has 0 atom stereocenters. The Bertz CT molecular complexity index is 739. The van der Waals surface area contributed by atoms with Crippen LogP contribution in [0, 0.1) is 5.92 Å². The normalized spacial score (nSPS) is 17.9. The molecular weight excluding hydrogens is 324 g/mol. The summed E-state index contributed by atoms with van der Waals surface area (Å²) in [6.07, 6.45) is 2.88. The zero-order valence-electron chi connectivity index (χ0n) is 15.1. The number of piperidine rings is 1. The maximum atomic E-state index is 13.0. The van der Waals surface area contributed by atoms with Crippen molar-refractivity contribution in [2.24, 2.45) is 5.92 Å². The van der Waals surface area contributed by atoms with Gasteiger partial charge < -0.3 is 9.64 Å². The number of anilines is 1. The summed E-state index contributed by atoms with van der Waals surface area (Å²) in [6.45, 7) is 4.40. The van der Waals surface area contributed by atoms with E-state index < -0.39 is 0 Å². The van der Waals surface area contributed by atoms with E-state index in [1.807, 2.05) is 41.3 Å². The topological polar surface area (TPSA) is 32.8 Å². The van der Waals surface area contributed by atoms with E-state index in [1.54, 1.807) is 0 Å². The Balaban J connectivity index is 1.24. The number of para-hydroxylation sites is 2. The van der Waals surface area contributed by atoms with Crippen LogP contribution in [0.25, 0.3) is 0 Å². The Hall–Kier alpha value is -2.33. The molecule has 0 saturated carbocycles. The molecule has 4 heteroatoms. The van der Waals surface area contributed by atoms with Crippen molar-refractivity contribution in [1.82, 2.24) is 4.90 Å². The number of carbonyl (C=O) groups excluding carboxylic acids is 1. The van der Waals surface area contributed by atoms with Gasteiger partial charge in [0.1, 0.15) is 12.4 Å². The summed E-state index contributed by atoms with van der Waals surface area (Å²) >= 11 is 0. The van der Waals surface area contributed by atoms with Crippen molar-refractivity contribution in [3.05, 3.63) is 60.2 Å². The van der Waals surface area contributed by atoms with Gasteiger partial charge in [-0.1, -0.05) is 36.4 Å². The van der Waals surface area contributed by atoms with Crippen molar-refractivity contribution in [2.45, 2.75) is 19.3 Å². The molecule has 1 amide bonds. The van der Waals surface area contributed by atoms with Gasteiger partial charge in [-0.2, -0.15) is 0 Å². The molecule has 0 spiro atoms. The fourth-order valence-corrected chi connectivity index (χ4v) is 4.00. The molecule has 0 aromatic heterocycles. The van der Waals surface area contributed by atoms with Crippen LogP contribution in [-0.4, -0.2) is 43.6 Å². The molecule has 2 aromatic carbocycles. The molecule has 0 N–H and O–H groups in total. The summed E-state index contributed by atoms with van der Waals surface area (Å²) in [5.41, 5.74) is 2.42. The summed E-state index contributed by atoms with van der Waals surface area (Å²) in [5, 5.41) is 0. The fraction of sp³-hybridized carbons (Fsp3) is 0.409. The lowest BCUT2D eigenvalue weighted by Crippen LogP contribution is -2.43. The average Bonchev–Trinajstić information content (AvgIpc) is 3.13. The summed E-state index contributed by atoms with van der Waals surface area (Å²) in [7, 11) is 0. The number of hydrogen-bond donors (Lipinski definition) is 0. The Morgan fingerprint density at radius 2 is 1.69 bits per heavy atom. The maximum absolute atomic E-state index is 13.0. The van der Waals surface area contributed by atoms with Gasteiger partial charge in [0, 0.05) is 24.7 Å². The van der Waals surface area contributed by atoms with Crippen molar-refractivity contribution >= 4 is 11.6 Å². The number of benzene rings is 2. The molecule has 2 heterocycles. The minimum Gasteiger partial charge on any atom is -0.492 e. The van der Waals surface area contributed by atoms with Crippen LogP contribution >= 0.6 is 0 Å². The summed E-state index contributed by atoms with van der Waals surface area (Å²) in [4.78, 5) is 17.4. The van der Waals surface area contributed by atoms with Crippen LogP contribution in [0.15, 0.2) is 54.6 Å². The molecule has 136 valence electrons. The van der Waals surface area contributed by atoms with Gasteiger partial charge >= 0.3 is 0 Å². The SMILES string of the molecule is O=C(C1CCN(CCOc2ccccc2)CC1)N1CCc2ccccc21. The number of nitrogens with zero attached hydrogens (tertiary/aromatic N) is 2. The van der Waals surface area contributed by atoms with Gasteiger partial charge in [-0.25, -0.2) is 0 Å². The zero-order chi connectivity index (χ0) is 17.8. The number of fused-ring (bicyclic) bond motifs is 1. The van der Waals surface area contributed by atoms with Gasteiger partial charge in [-0.15, -0.1) is 0 Å². The summed E-state index contributed by atoms with van der Waals surface area (Å²) < 4.78 is 5.79. The van der Waals surface area contributed by atoms with E-state index in [-0.39, 0.29) is 5.92 Å². The summed E-state index contributed by atoms with van der Waals surface area (Å²) in [5.74, 6) is 1.40. The third kappa shape index (κ3) is 3.75. The van der Waals surface area contributed by atoms with Crippen LogP contribution in [0.3, 0.4) is 0 Å². The minimum absolute atomic E-state index is 0.160. The van der Waals surface area contributed by atoms with E-state index in [1.165, 1.54) is 5.56 Å². The number of rotatable bonds is 5. The van der Waals surface area contributed by atoms with Gasteiger partial charge in [-0.05, 0) is 56.1 Å². The second-order valence-corrected chi connectivity index (χ2v) is 7.15. The van der Waals surface area contributed by atoms with Crippen LogP contribution in [0.2, 0.25) is 0 Å². The molecule has 0 unspecified atom stereocenters. The number of amides is 1. The highest BCUT2D eigenvalue weighted by Crippen LogP contribution is 2.30. The van der Waals surface area contributed by atoms with Gasteiger partial charge in [0.25, 0.3) is 0 Å². The zero-order valence-corrected chi connectivity index (χ0v) is 15.1. The highest BCUT2D eigenvalue weighted by Gasteiger charge is 2.32. The first-order valence-corrected chi connectivity index (χ1v) is 9.61. The third-order valence-electron chi connectivity index (χ3n) is 5.51. The standard InChI is InChI=1S/C22H26N2O2/c25-22(24-15-12-18-6-4-5-9-21(18)24)19-10-13-23(14-11-19)16-17-26-20-7-2-1-3-8-20/h1-9,19H,10-17H2. The predicted molar refractivity (Wildman–Crippen MR) is 104 cm³/mol. The van der Waals surface area contributed by atoms with Gasteiger partial charge in [0.2, 0.25) is 5.91 Å². The van der Waals surface area contributed by atoms with Crippen molar-refractivity contribution in [3.63, 3.8) is 0 Å².